The number of aryl methyl sites for hydroxylation is 1. The lowest BCUT2D eigenvalue weighted by Crippen LogP contribution is -2.08. The molecule has 1 unspecified atom stereocenters. The third-order valence-electron chi connectivity index (χ3n) is 2.49. The third kappa shape index (κ3) is 3.26. The molecule has 1 heterocycles. The summed E-state index contributed by atoms with van der Waals surface area (Å²) in [5, 5.41) is 0.286. The number of halogens is 1. The van der Waals surface area contributed by atoms with E-state index in [4.69, 9.17) is 17.3 Å². The lowest BCUT2D eigenvalue weighted by Gasteiger charge is -2.14. The molecule has 0 saturated heterocycles. The highest BCUT2D eigenvalue weighted by atomic mass is 35.5. The van der Waals surface area contributed by atoms with E-state index in [-0.39, 0.29) is 5.25 Å². The van der Waals surface area contributed by atoms with Crippen LogP contribution in [-0.2, 0) is 0 Å². The zero-order valence-electron chi connectivity index (χ0n) is 9.52. The maximum absolute atomic E-state index is 5.96. The molecule has 1 aromatic heterocycles. The van der Waals surface area contributed by atoms with Crippen LogP contribution < -0.4 is 5.73 Å². The van der Waals surface area contributed by atoms with Crippen LogP contribution in [0.25, 0.3) is 0 Å². The second-order valence-corrected chi connectivity index (χ2v) is 6.74. The number of benzene rings is 1. The lowest BCUT2D eigenvalue weighted by molar-refractivity contribution is 0.959. The van der Waals surface area contributed by atoms with Crippen LogP contribution in [-0.4, -0.2) is 6.54 Å². The Labute approximate surface area is 115 Å². The van der Waals surface area contributed by atoms with Gasteiger partial charge in [-0.25, -0.2) is 0 Å². The van der Waals surface area contributed by atoms with Crippen molar-refractivity contribution >= 4 is 34.7 Å². The highest BCUT2D eigenvalue weighted by Crippen LogP contribution is 2.39. The van der Waals surface area contributed by atoms with Crippen molar-refractivity contribution in [1.29, 1.82) is 0 Å². The summed E-state index contributed by atoms with van der Waals surface area (Å²) in [6.07, 6.45) is 0. The Morgan fingerprint density at radius 1 is 1.29 bits per heavy atom. The van der Waals surface area contributed by atoms with Gasteiger partial charge in [0.1, 0.15) is 0 Å². The molecular formula is C13H14ClNS2. The van der Waals surface area contributed by atoms with Crippen LogP contribution in [0.2, 0.25) is 4.34 Å². The summed E-state index contributed by atoms with van der Waals surface area (Å²) >= 11 is 9.38. The van der Waals surface area contributed by atoms with Crippen LogP contribution in [0.15, 0.2) is 41.3 Å². The molecule has 0 aliphatic carbocycles. The zero-order chi connectivity index (χ0) is 12.3. The molecule has 2 rings (SSSR count). The van der Waals surface area contributed by atoms with Crippen molar-refractivity contribution in [2.45, 2.75) is 17.1 Å². The fraction of sp³-hybridized carbons (Fsp3) is 0.231. The molecule has 0 saturated carbocycles. The van der Waals surface area contributed by atoms with Crippen molar-refractivity contribution in [3.63, 3.8) is 0 Å². The van der Waals surface area contributed by atoms with E-state index in [1.54, 1.807) is 11.3 Å². The van der Waals surface area contributed by atoms with Crippen molar-refractivity contribution in [2.24, 2.45) is 5.73 Å². The Morgan fingerprint density at radius 2 is 2.06 bits per heavy atom. The van der Waals surface area contributed by atoms with Crippen molar-refractivity contribution < 1.29 is 0 Å². The molecule has 2 aromatic rings. The average Bonchev–Trinajstić information content (AvgIpc) is 2.75. The zero-order valence-corrected chi connectivity index (χ0v) is 11.9. The van der Waals surface area contributed by atoms with Crippen molar-refractivity contribution in [3.8, 4) is 0 Å². The summed E-state index contributed by atoms with van der Waals surface area (Å²) in [4.78, 5) is 2.53. The Balaban J connectivity index is 2.18. The molecule has 0 aliphatic rings. The first kappa shape index (κ1) is 13.0. The molecule has 1 atom stereocenters. The van der Waals surface area contributed by atoms with Crippen LogP contribution in [0, 0.1) is 6.92 Å². The van der Waals surface area contributed by atoms with E-state index < -0.39 is 0 Å². The van der Waals surface area contributed by atoms with Crippen LogP contribution in [0.4, 0.5) is 0 Å². The summed E-state index contributed by atoms with van der Waals surface area (Å²) in [5.41, 5.74) is 7.15. The van der Waals surface area contributed by atoms with Crippen LogP contribution in [0.1, 0.15) is 15.7 Å². The predicted molar refractivity (Wildman–Crippen MR) is 78.2 cm³/mol. The van der Waals surface area contributed by atoms with E-state index in [1.165, 1.54) is 15.3 Å². The average molecular weight is 284 g/mol. The lowest BCUT2D eigenvalue weighted by atomic mass is 10.2. The number of rotatable bonds is 4. The van der Waals surface area contributed by atoms with Crippen LogP contribution in [0.5, 0.6) is 0 Å². The largest absolute Gasteiger partial charge is 0.329 e. The minimum atomic E-state index is 0.286. The van der Waals surface area contributed by atoms with Crippen molar-refractivity contribution in [2.75, 3.05) is 6.54 Å². The first-order valence-electron chi connectivity index (χ1n) is 5.38. The van der Waals surface area contributed by atoms with E-state index in [2.05, 4.69) is 37.3 Å². The first-order chi connectivity index (χ1) is 8.20. The van der Waals surface area contributed by atoms with Gasteiger partial charge in [0.15, 0.2) is 0 Å². The Hall–Kier alpha value is -0.480. The van der Waals surface area contributed by atoms with Gasteiger partial charge in [-0.15, -0.1) is 23.1 Å². The van der Waals surface area contributed by atoms with Gasteiger partial charge >= 0.3 is 0 Å². The highest BCUT2D eigenvalue weighted by Gasteiger charge is 2.14. The first-order valence-corrected chi connectivity index (χ1v) is 7.45. The minimum absolute atomic E-state index is 0.286. The smallest absolute Gasteiger partial charge is 0.0931 e. The van der Waals surface area contributed by atoms with Crippen molar-refractivity contribution in [3.05, 3.63) is 51.2 Å². The number of thiophene rings is 1. The topological polar surface area (TPSA) is 26.0 Å². The van der Waals surface area contributed by atoms with E-state index in [0.717, 1.165) is 4.34 Å². The molecule has 0 radical (unpaired) electrons. The molecule has 17 heavy (non-hydrogen) atoms. The van der Waals surface area contributed by atoms with Gasteiger partial charge in [-0.3, -0.25) is 0 Å². The fourth-order valence-electron chi connectivity index (χ4n) is 1.57. The van der Waals surface area contributed by atoms with E-state index in [0.29, 0.717) is 6.54 Å². The quantitative estimate of drug-likeness (QED) is 0.836. The molecule has 0 bridgehead atoms. The SMILES string of the molecule is Cc1ccccc1SC(CN)c1ccc(Cl)s1. The number of hydrogen-bond donors (Lipinski definition) is 1. The van der Waals surface area contributed by atoms with E-state index >= 15 is 0 Å². The van der Waals surface area contributed by atoms with Gasteiger partial charge < -0.3 is 5.73 Å². The molecule has 0 amide bonds. The van der Waals surface area contributed by atoms with Gasteiger partial charge in [0, 0.05) is 16.3 Å². The van der Waals surface area contributed by atoms with Crippen LogP contribution >= 0.6 is 34.7 Å². The summed E-state index contributed by atoms with van der Waals surface area (Å²) in [7, 11) is 0. The molecule has 0 aliphatic heterocycles. The van der Waals surface area contributed by atoms with Gasteiger partial charge in [0.05, 0.1) is 9.59 Å². The molecule has 2 N–H and O–H groups in total. The highest BCUT2D eigenvalue weighted by molar-refractivity contribution is 7.99. The number of nitrogens with two attached hydrogens (primary N) is 1. The molecule has 1 aromatic carbocycles. The van der Waals surface area contributed by atoms with Gasteiger partial charge in [0.2, 0.25) is 0 Å². The van der Waals surface area contributed by atoms with E-state index in [9.17, 15) is 0 Å². The maximum atomic E-state index is 5.96. The maximum Gasteiger partial charge on any atom is 0.0931 e. The summed E-state index contributed by atoms with van der Waals surface area (Å²) in [6, 6.07) is 12.4. The van der Waals surface area contributed by atoms with Crippen LogP contribution in [0.3, 0.4) is 0 Å². The normalized spacial score (nSPS) is 12.6. The van der Waals surface area contributed by atoms with Gasteiger partial charge in [-0.2, -0.15) is 0 Å². The summed E-state index contributed by atoms with van der Waals surface area (Å²) in [5.74, 6) is 0. The minimum Gasteiger partial charge on any atom is -0.329 e. The Kier molecular flexibility index (Phi) is 4.51. The van der Waals surface area contributed by atoms with E-state index in [1.807, 2.05) is 17.8 Å². The second kappa shape index (κ2) is 5.91. The second-order valence-electron chi connectivity index (χ2n) is 3.75. The molecular weight excluding hydrogens is 270 g/mol. The standard InChI is InChI=1S/C13H14ClNS2/c1-9-4-2-3-5-10(9)16-12(8-15)11-6-7-13(14)17-11/h2-7,12H,8,15H2,1H3. The molecule has 1 nitrogen and oxygen atoms in total. The number of thioether (sulfide) groups is 1. The predicted octanol–water partition coefficient (Wildman–Crippen LogP) is 4.50. The van der Waals surface area contributed by atoms with Gasteiger partial charge in [0.25, 0.3) is 0 Å². The summed E-state index contributed by atoms with van der Waals surface area (Å²) in [6.45, 7) is 2.74. The number of hydrogen-bond acceptors (Lipinski definition) is 3. The monoisotopic (exact) mass is 283 g/mol. The molecule has 90 valence electrons. The fourth-order valence-corrected chi connectivity index (χ4v) is 3.92. The Morgan fingerprint density at radius 3 is 2.65 bits per heavy atom. The Bertz CT molecular complexity index is 496. The van der Waals surface area contributed by atoms with Crippen molar-refractivity contribution in [1.82, 2.24) is 0 Å². The molecule has 0 spiro atoms. The van der Waals surface area contributed by atoms with Gasteiger partial charge in [-0.05, 0) is 30.7 Å². The molecule has 4 heteroatoms. The molecule has 0 fully saturated rings. The third-order valence-corrected chi connectivity index (χ3v) is 5.43. The van der Waals surface area contributed by atoms with Gasteiger partial charge in [-0.1, -0.05) is 29.8 Å². The summed E-state index contributed by atoms with van der Waals surface area (Å²) < 4.78 is 0.823.